The predicted octanol–water partition coefficient (Wildman–Crippen LogP) is 4.46. The van der Waals surface area contributed by atoms with E-state index in [2.05, 4.69) is 41.5 Å². The first-order valence-corrected chi connectivity index (χ1v) is 9.20. The lowest BCUT2D eigenvalue weighted by Gasteiger charge is -2.28. The lowest BCUT2D eigenvalue weighted by molar-refractivity contribution is -0.0693. The maximum absolute atomic E-state index is 5.93. The van der Waals surface area contributed by atoms with Gasteiger partial charge < -0.3 is 18.9 Å². The molecule has 0 heterocycles. The maximum atomic E-state index is 5.93. The molecule has 0 N–H and O–H groups in total. The first-order valence-electron chi connectivity index (χ1n) is 9.20. The lowest BCUT2D eigenvalue weighted by Crippen LogP contribution is -2.29. The van der Waals surface area contributed by atoms with E-state index in [-0.39, 0.29) is 5.60 Å². The van der Waals surface area contributed by atoms with Gasteiger partial charge >= 0.3 is 0 Å². The molecule has 4 heteroatoms. The van der Waals surface area contributed by atoms with E-state index in [0.29, 0.717) is 45.1 Å². The van der Waals surface area contributed by atoms with Crippen LogP contribution in [0.25, 0.3) is 0 Å². The fraction of sp³-hybridized carbons (Fsp3) is 1.00. The van der Waals surface area contributed by atoms with Crippen molar-refractivity contribution in [2.75, 3.05) is 46.2 Å². The van der Waals surface area contributed by atoms with E-state index in [1.807, 2.05) is 0 Å². The van der Waals surface area contributed by atoms with E-state index in [4.69, 9.17) is 18.9 Å². The molecule has 0 radical (unpaired) electrons. The maximum Gasteiger partial charge on any atom is 0.0707 e. The standard InChI is InChI=1S/C19H40O4/c1-7-9-19(6,8-2)23-17-16-22-15-14-21-13-12-20-11-10-18(3,4)5/h7-17H2,1-6H3. The summed E-state index contributed by atoms with van der Waals surface area (Å²) < 4.78 is 22.5. The Labute approximate surface area is 144 Å². The number of rotatable bonds is 15. The Balaban J connectivity index is 3.31. The minimum Gasteiger partial charge on any atom is -0.379 e. The van der Waals surface area contributed by atoms with Crippen LogP contribution < -0.4 is 0 Å². The minimum absolute atomic E-state index is 0.000988. The Kier molecular flexibility index (Phi) is 13.1. The van der Waals surface area contributed by atoms with Gasteiger partial charge in [0.2, 0.25) is 0 Å². The minimum atomic E-state index is -0.000988. The van der Waals surface area contributed by atoms with Gasteiger partial charge in [-0.15, -0.1) is 0 Å². The molecule has 0 aliphatic rings. The summed E-state index contributed by atoms with van der Waals surface area (Å²) in [6.45, 7) is 17.8. The van der Waals surface area contributed by atoms with E-state index in [1.165, 1.54) is 0 Å². The summed E-state index contributed by atoms with van der Waals surface area (Å²) in [7, 11) is 0. The summed E-state index contributed by atoms with van der Waals surface area (Å²) in [5, 5.41) is 0. The van der Waals surface area contributed by atoms with Crippen LogP contribution in [0.2, 0.25) is 0 Å². The van der Waals surface area contributed by atoms with Gasteiger partial charge in [0.1, 0.15) is 0 Å². The van der Waals surface area contributed by atoms with E-state index in [0.717, 1.165) is 32.3 Å². The number of hydrogen-bond acceptors (Lipinski definition) is 4. The van der Waals surface area contributed by atoms with Crippen LogP contribution >= 0.6 is 0 Å². The van der Waals surface area contributed by atoms with Crippen molar-refractivity contribution in [3.63, 3.8) is 0 Å². The van der Waals surface area contributed by atoms with E-state index < -0.39 is 0 Å². The van der Waals surface area contributed by atoms with Gasteiger partial charge in [-0.3, -0.25) is 0 Å². The Bertz CT molecular complexity index is 263. The zero-order valence-corrected chi connectivity index (χ0v) is 16.4. The van der Waals surface area contributed by atoms with Crippen LogP contribution in [0.15, 0.2) is 0 Å². The smallest absolute Gasteiger partial charge is 0.0707 e. The molecule has 23 heavy (non-hydrogen) atoms. The van der Waals surface area contributed by atoms with Crippen molar-refractivity contribution in [2.24, 2.45) is 5.41 Å². The molecule has 4 nitrogen and oxygen atoms in total. The molecule has 140 valence electrons. The van der Waals surface area contributed by atoms with Crippen molar-refractivity contribution >= 4 is 0 Å². The predicted molar refractivity (Wildman–Crippen MR) is 96.1 cm³/mol. The highest BCUT2D eigenvalue weighted by atomic mass is 16.6. The molecule has 0 rings (SSSR count). The highest BCUT2D eigenvalue weighted by molar-refractivity contribution is 4.72. The molecule has 0 amide bonds. The largest absolute Gasteiger partial charge is 0.379 e. The summed E-state index contributed by atoms with van der Waals surface area (Å²) in [6, 6.07) is 0. The molecule has 0 aromatic carbocycles. The zero-order valence-electron chi connectivity index (χ0n) is 16.4. The summed E-state index contributed by atoms with van der Waals surface area (Å²) >= 11 is 0. The second-order valence-corrected chi connectivity index (χ2v) is 7.55. The van der Waals surface area contributed by atoms with Crippen LogP contribution in [0, 0.1) is 5.41 Å². The molecule has 0 fully saturated rings. The van der Waals surface area contributed by atoms with Gasteiger partial charge in [0.05, 0.1) is 45.2 Å². The van der Waals surface area contributed by atoms with Crippen molar-refractivity contribution in [1.82, 2.24) is 0 Å². The Morgan fingerprint density at radius 2 is 1.09 bits per heavy atom. The van der Waals surface area contributed by atoms with E-state index >= 15 is 0 Å². The van der Waals surface area contributed by atoms with Crippen LogP contribution in [0.1, 0.15) is 67.2 Å². The Morgan fingerprint density at radius 3 is 1.52 bits per heavy atom. The molecular weight excluding hydrogens is 292 g/mol. The van der Waals surface area contributed by atoms with Gasteiger partial charge in [0.15, 0.2) is 0 Å². The fourth-order valence-electron chi connectivity index (χ4n) is 2.15. The Hall–Kier alpha value is -0.160. The molecule has 1 atom stereocenters. The molecular formula is C19H40O4. The first-order chi connectivity index (χ1) is 10.8. The third-order valence-electron chi connectivity index (χ3n) is 3.95. The lowest BCUT2D eigenvalue weighted by atomic mass is 9.93. The highest BCUT2D eigenvalue weighted by Crippen LogP contribution is 2.21. The molecule has 0 aromatic rings. The second-order valence-electron chi connectivity index (χ2n) is 7.55. The van der Waals surface area contributed by atoms with Gasteiger partial charge in [0.25, 0.3) is 0 Å². The quantitative estimate of drug-likeness (QED) is 0.415. The molecule has 0 saturated heterocycles. The topological polar surface area (TPSA) is 36.9 Å². The van der Waals surface area contributed by atoms with Crippen molar-refractivity contribution in [2.45, 2.75) is 72.8 Å². The first kappa shape index (κ1) is 22.8. The van der Waals surface area contributed by atoms with Gasteiger partial charge in [-0.25, -0.2) is 0 Å². The summed E-state index contributed by atoms with van der Waals surface area (Å²) in [6.07, 6.45) is 4.36. The number of hydrogen-bond donors (Lipinski definition) is 0. The highest BCUT2D eigenvalue weighted by Gasteiger charge is 2.20. The van der Waals surface area contributed by atoms with Crippen LogP contribution in [-0.4, -0.2) is 51.8 Å². The van der Waals surface area contributed by atoms with Crippen LogP contribution in [0.5, 0.6) is 0 Å². The van der Waals surface area contributed by atoms with Gasteiger partial charge in [0, 0.05) is 6.61 Å². The molecule has 0 aliphatic carbocycles. The molecule has 0 bridgehead atoms. The van der Waals surface area contributed by atoms with Gasteiger partial charge in [-0.1, -0.05) is 41.0 Å². The van der Waals surface area contributed by atoms with Crippen LogP contribution in [-0.2, 0) is 18.9 Å². The third kappa shape index (κ3) is 15.1. The summed E-state index contributed by atoms with van der Waals surface area (Å²) in [5.41, 5.74) is 0.334. The van der Waals surface area contributed by atoms with Crippen LogP contribution in [0.4, 0.5) is 0 Å². The zero-order chi connectivity index (χ0) is 17.6. The van der Waals surface area contributed by atoms with Crippen molar-refractivity contribution in [3.8, 4) is 0 Å². The van der Waals surface area contributed by atoms with Gasteiger partial charge in [-0.2, -0.15) is 0 Å². The average molecular weight is 333 g/mol. The Morgan fingerprint density at radius 1 is 0.609 bits per heavy atom. The monoisotopic (exact) mass is 332 g/mol. The fourth-order valence-corrected chi connectivity index (χ4v) is 2.15. The molecule has 0 spiro atoms. The molecule has 0 saturated carbocycles. The summed E-state index contributed by atoms with van der Waals surface area (Å²) in [5.74, 6) is 0. The van der Waals surface area contributed by atoms with E-state index in [9.17, 15) is 0 Å². The van der Waals surface area contributed by atoms with Crippen molar-refractivity contribution < 1.29 is 18.9 Å². The SMILES string of the molecule is CCCC(C)(CC)OCCOCCOCCOCCC(C)(C)C. The summed E-state index contributed by atoms with van der Waals surface area (Å²) in [4.78, 5) is 0. The van der Waals surface area contributed by atoms with Gasteiger partial charge in [-0.05, 0) is 31.6 Å². The average Bonchev–Trinajstić information content (AvgIpc) is 2.47. The third-order valence-corrected chi connectivity index (χ3v) is 3.95. The number of ether oxygens (including phenoxy) is 4. The molecule has 0 aliphatic heterocycles. The van der Waals surface area contributed by atoms with Crippen LogP contribution in [0.3, 0.4) is 0 Å². The molecule has 0 aromatic heterocycles. The van der Waals surface area contributed by atoms with E-state index in [1.54, 1.807) is 0 Å². The normalized spacial score (nSPS) is 14.9. The van der Waals surface area contributed by atoms with Crippen molar-refractivity contribution in [1.29, 1.82) is 0 Å². The van der Waals surface area contributed by atoms with Crippen molar-refractivity contribution in [3.05, 3.63) is 0 Å². The molecule has 1 unspecified atom stereocenters. The second kappa shape index (κ2) is 13.2.